The summed E-state index contributed by atoms with van der Waals surface area (Å²) in [6.07, 6.45) is 4.71. The summed E-state index contributed by atoms with van der Waals surface area (Å²) in [4.78, 5) is 16.1. The monoisotopic (exact) mass is 281 g/mol. The lowest BCUT2D eigenvalue weighted by Gasteiger charge is -2.05. The van der Waals surface area contributed by atoms with Crippen LogP contribution in [-0.2, 0) is 0 Å². The smallest absolute Gasteiger partial charge is 0.240 e. The highest BCUT2D eigenvalue weighted by molar-refractivity contribution is 5.59. The molecule has 1 aromatic carbocycles. The molecule has 7 nitrogen and oxygen atoms in total. The molecule has 0 bridgehead atoms. The van der Waals surface area contributed by atoms with Crippen molar-refractivity contribution in [3.8, 4) is 23.4 Å². The van der Waals surface area contributed by atoms with Crippen molar-refractivity contribution in [1.29, 1.82) is 5.26 Å². The minimum Gasteiger partial charge on any atom is -0.368 e. The highest BCUT2D eigenvalue weighted by Crippen LogP contribution is 2.19. The number of imidazole rings is 1. The molecule has 0 aliphatic rings. The molecule has 0 fully saturated rings. The maximum atomic E-state index is 13.5. The lowest BCUT2D eigenvalue weighted by atomic mass is 10.1. The predicted molar refractivity (Wildman–Crippen MR) is 71.5 cm³/mol. The summed E-state index contributed by atoms with van der Waals surface area (Å²) in [5, 5.41) is 8.89. The van der Waals surface area contributed by atoms with E-state index in [1.54, 1.807) is 17.0 Å². The summed E-state index contributed by atoms with van der Waals surface area (Å²) in [6.45, 7) is 0. The van der Waals surface area contributed by atoms with Crippen LogP contribution in [0.2, 0.25) is 0 Å². The summed E-state index contributed by atoms with van der Waals surface area (Å²) in [6, 6.07) is 5.72. The standard InChI is InChI=1S/C13H8FN7/c14-10-4-8(6-15)3-9(5-10)11-18-12(16)20-13(19-11)21-2-1-17-7-21/h1-5,7H,(H2,16,18,19,20). The molecule has 21 heavy (non-hydrogen) atoms. The van der Waals surface area contributed by atoms with Crippen molar-refractivity contribution in [2.75, 3.05) is 5.73 Å². The second-order valence-corrected chi connectivity index (χ2v) is 4.13. The maximum Gasteiger partial charge on any atom is 0.240 e. The van der Waals surface area contributed by atoms with E-state index < -0.39 is 5.82 Å². The van der Waals surface area contributed by atoms with Crippen molar-refractivity contribution in [2.24, 2.45) is 0 Å². The number of aromatic nitrogens is 5. The van der Waals surface area contributed by atoms with Crippen LogP contribution in [0.5, 0.6) is 0 Å². The van der Waals surface area contributed by atoms with E-state index in [0.29, 0.717) is 5.56 Å². The van der Waals surface area contributed by atoms with Crippen LogP contribution in [0.15, 0.2) is 36.9 Å². The molecule has 0 saturated carbocycles. The largest absolute Gasteiger partial charge is 0.368 e. The van der Waals surface area contributed by atoms with Crippen molar-refractivity contribution >= 4 is 5.95 Å². The highest BCUT2D eigenvalue weighted by atomic mass is 19.1. The number of anilines is 1. The van der Waals surface area contributed by atoms with Crippen LogP contribution in [0, 0.1) is 17.1 Å². The van der Waals surface area contributed by atoms with E-state index in [-0.39, 0.29) is 23.3 Å². The first-order valence-corrected chi connectivity index (χ1v) is 5.86. The van der Waals surface area contributed by atoms with Crippen molar-refractivity contribution in [2.45, 2.75) is 0 Å². The molecule has 0 amide bonds. The van der Waals surface area contributed by atoms with Gasteiger partial charge in [-0.05, 0) is 18.2 Å². The second-order valence-electron chi connectivity index (χ2n) is 4.13. The number of nitriles is 1. The van der Waals surface area contributed by atoms with E-state index in [4.69, 9.17) is 11.0 Å². The second kappa shape index (κ2) is 4.97. The molecule has 0 unspecified atom stereocenters. The first-order valence-electron chi connectivity index (χ1n) is 5.86. The fraction of sp³-hybridized carbons (Fsp3) is 0. The summed E-state index contributed by atoms with van der Waals surface area (Å²) in [7, 11) is 0. The molecular weight excluding hydrogens is 273 g/mol. The third-order valence-corrected chi connectivity index (χ3v) is 2.66. The number of halogens is 1. The Bertz CT molecular complexity index is 836. The molecule has 3 rings (SSSR count). The van der Waals surface area contributed by atoms with Gasteiger partial charge in [0.25, 0.3) is 0 Å². The van der Waals surface area contributed by atoms with Gasteiger partial charge in [0.15, 0.2) is 5.82 Å². The van der Waals surface area contributed by atoms with Crippen molar-refractivity contribution in [3.63, 3.8) is 0 Å². The number of nitrogen functional groups attached to an aromatic ring is 1. The fourth-order valence-corrected chi connectivity index (χ4v) is 1.79. The lowest BCUT2D eigenvalue weighted by Crippen LogP contribution is -2.06. The summed E-state index contributed by atoms with van der Waals surface area (Å²) in [5.41, 5.74) is 6.18. The van der Waals surface area contributed by atoms with E-state index in [1.165, 1.54) is 18.5 Å². The molecule has 8 heteroatoms. The van der Waals surface area contributed by atoms with Gasteiger partial charge in [-0.25, -0.2) is 9.37 Å². The molecule has 0 atom stereocenters. The zero-order chi connectivity index (χ0) is 14.8. The van der Waals surface area contributed by atoms with Crippen molar-refractivity contribution in [1.82, 2.24) is 24.5 Å². The van der Waals surface area contributed by atoms with E-state index in [0.717, 1.165) is 6.07 Å². The van der Waals surface area contributed by atoms with Crippen LogP contribution in [-0.4, -0.2) is 24.5 Å². The van der Waals surface area contributed by atoms with Gasteiger partial charge in [-0.15, -0.1) is 0 Å². The van der Waals surface area contributed by atoms with Gasteiger partial charge in [-0.2, -0.15) is 20.2 Å². The molecule has 0 radical (unpaired) electrons. The van der Waals surface area contributed by atoms with Crippen LogP contribution in [0.4, 0.5) is 10.3 Å². The highest BCUT2D eigenvalue weighted by Gasteiger charge is 2.10. The van der Waals surface area contributed by atoms with E-state index in [1.807, 2.05) is 6.07 Å². The van der Waals surface area contributed by atoms with Crippen LogP contribution < -0.4 is 5.73 Å². The van der Waals surface area contributed by atoms with Crippen LogP contribution >= 0.6 is 0 Å². The molecule has 0 spiro atoms. The lowest BCUT2D eigenvalue weighted by molar-refractivity contribution is 0.627. The van der Waals surface area contributed by atoms with Gasteiger partial charge in [0, 0.05) is 18.0 Å². The number of nitrogens with two attached hydrogens (primary N) is 1. The predicted octanol–water partition coefficient (Wildman–Crippen LogP) is 1.32. The average molecular weight is 281 g/mol. The molecule has 0 aliphatic carbocycles. The van der Waals surface area contributed by atoms with Crippen LogP contribution in [0.3, 0.4) is 0 Å². The Morgan fingerprint density at radius 2 is 2.05 bits per heavy atom. The Hall–Kier alpha value is -3.34. The number of rotatable bonds is 2. The van der Waals surface area contributed by atoms with Gasteiger partial charge >= 0.3 is 0 Å². The van der Waals surface area contributed by atoms with Gasteiger partial charge in [-0.1, -0.05) is 0 Å². The van der Waals surface area contributed by atoms with E-state index in [2.05, 4.69) is 19.9 Å². The van der Waals surface area contributed by atoms with Crippen LogP contribution in [0.1, 0.15) is 5.56 Å². The van der Waals surface area contributed by atoms with Gasteiger partial charge < -0.3 is 5.73 Å². The van der Waals surface area contributed by atoms with E-state index >= 15 is 0 Å². The molecule has 3 aromatic rings. The SMILES string of the molecule is N#Cc1cc(F)cc(-c2nc(N)nc(-n3ccnc3)n2)c1. The molecule has 102 valence electrons. The Kier molecular flexibility index (Phi) is 3.00. The minimum absolute atomic E-state index is 0.00790. The Labute approximate surface area is 118 Å². The zero-order valence-electron chi connectivity index (χ0n) is 10.6. The third kappa shape index (κ3) is 2.52. The third-order valence-electron chi connectivity index (χ3n) is 2.66. The van der Waals surface area contributed by atoms with Gasteiger partial charge in [0.2, 0.25) is 11.9 Å². The number of nitrogens with zero attached hydrogens (tertiary/aromatic N) is 6. The topological polar surface area (TPSA) is 106 Å². The van der Waals surface area contributed by atoms with Gasteiger partial charge in [-0.3, -0.25) is 4.57 Å². The zero-order valence-corrected chi connectivity index (χ0v) is 10.6. The number of hydrogen-bond acceptors (Lipinski definition) is 6. The van der Waals surface area contributed by atoms with Gasteiger partial charge in [0.05, 0.1) is 11.6 Å². The normalized spacial score (nSPS) is 10.3. The molecule has 0 saturated heterocycles. The van der Waals surface area contributed by atoms with Gasteiger partial charge in [0.1, 0.15) is 12.1 Å². The number of hydrogen-bond donors (Lipinski definition) is 1. The molecule has 2 heterocycles. The minimum atomic E-state index is -0.549. The average Bonchev–Trinajstić information content (AvgIpc) is 3.00. The molecule has 0 aliphatic heterocycles. The number of benzene rings is 1. The molecular formula is C13H8FN7. The van der Waals surface area contributed by atoms with Crippen molar-refractivity contribution < 1.29 is 4.39 Å². The van der Waals surface area contributed by atoms with E-state index in [9.17, 15) is 4.39 Å². The summed E-state index contributed by atoms with van der Waals surface area (Å²) in [5.74, 6) is -0.112. The maximum absolute atomic E-state index is 13.5. The summed E-state index contributed by atoms with van der Waals surface area (Å²) < 4.78 is 15.1. The fourth-order valence-electron chi connectivity index (χ4n) is 1.79. The molecule has 2 aromatic heterocycles. The Morgan fingerprint density at radius 1 is 1.19 bits per heavy atom. The molecule has 2 N–H and O–H groups in total. The first kappa shape index (κ1) is 12.7. The summed E-state index contributed by atoms with van der Waals surface area (Å²) >= 11 is 0. The Morgan fingerprint density at radius 3 is 2.76 bits per heavy atom. The first-order chi connectivity index (χ1) is 10.2. The quantitative estimate of drug-likeness (QED) is 0.759. The Balaban J connectivity index is 2.15. The van der Waals surface area contributed by atoms with Crippen molar-refractivity contribution in [3.05, 3.63) is 48.3 Å². The van der Waals surface area contributed by atoms with Crippen LogP contribution in [0.25, 0.3) is 17.3 Å².